The van der Waals surface area contributed by atoms with Crippen molar-refractivity contribution in [3.63, 3.8) is 0 Å². The normalized spacial score (nSPS) is 15.2. The van der Waals surface area contributed by atoms with Crippen molar-refractivity contribution in [1.82, 2.24) is 15.0 Å². The van der Waals surface area contributed by atoms with E-state index in [1.807, 2.05) is 24.0 Å². The topological polar surface area (TPSA) is 83.0 Å². The minimum Gasteiger partial charge on any atom is -0.343 e. The molecule has 0 atom stereocenters. The van der Waals surface area contributed by atoms with Crippen LogP contribution < -0.4 is 0 Å². The van der Waals surface area contributed by atoms with E-state index in [2.05, 4.69) is 16.2 Å². The monoisotopic (exact) mass is 324 g/mol. The lowest BCUT2D eigenvalue weighted by Crippen LogP contribution is -2.38. The summed E-state index contributed by atoms with van der Waals surface area (Å²) in [5.74, 6) is 1.79. The first-order valence-corrected chi connectivity index (χ1v) is 8.22. The van der Waals surface area contributed by atoms with Gasteiger partial charge >= 0.3 is 0 Å². The van der Waals surface area contributed by atoms with E-state index in [4.69, 9.17) is 9.78 Å². The number of piperidine rings is 1. The molecule has 1 aliphatic heterocycles. The quantitative estimate of drug-likeness (QED) is 0.863. The third-order valence-electron chi connectivity index (χ3n) is 4.45. The highest BCUT2D eigenvalue weighted by atomic mass is 16.5. The Bertz CT molecular complexity index is 737. The van der Waals surface area contributed by atoms with Crippen molar-refractivity contribution in [2.75, 3.05) is 13.1 Å². The Morgan fingerprint density at radius 1 is 1.33 bits per heavy atom. The molecule has 3 rings (SSSR count). The van der Waals surface area contributed by atoms with Crippen LogP contribution in [-0.4, -0.2) is 34.0 Å². The second-order valence-corrected chi connectivity index (χ2v) is 6.14. The second-order valence-electron chi connectivity index (χ2n) is 6.14. The van der Waals surface area contributed by atoms with E-state index in [-0.39, 0.29) is 11.8 Å². The molecule has 6 heteroatoms. The summed E-state index contributed by atoms with van der Waals surface area (Å²) in [6, 6.07) is 9.50. The molecule has 1 aromatic heterocycles. The summed E-state index contributed by atoms with van der Waals surface area (Å²) >= 11 is 0. The lowest BCUT2D eigenvalue weighted by atomic mass is 9.96. The van der Waals surface area contributed by atoms with Crippen LogP contribution in [0.4, 0.5) is 0 Å². The minimum absolute atomic E-state index is 0.180. The molecular formula is C18H20N4O2. The largest absolute Gasteiger partial charge is 0.343 e. The highest BCUT2D eigenvalue weighted by Crippen LogP contribution is 2.27. The van der Waals surface area contributed by atoms with Gasteiger partial charge in [0.1, 0.15) is 0 Å². The number of likely N-dealkylation sites (tertiary alicyclic amines) is 1. The number of aromatic nitrogens is 2. The molecule has 0 saturated carbocycles. The molecule has 1 saturated heterocycles. The van der Waals surface area contributed by atoms with Gasteiger partial charge in [-0.3, -0.25) is 4.79 Å². The summed E-state index contributed by atoms with van der Waals surface area (Å²) in [6.45, 7) is 3.28. The van der Waals surface area contributed by atoms with Crippen LogP contribution in [0.3, 0.4) is 0 Å². The van der Waals surface area contributed by atoms with Gasteiger partial charge in [0, 0.05) is 25.4 Å². The fraction of sp³-hybridized carbons (Fsp3) is 0.444. The average molecular weight is 324 g/mol. The third-order valence-corrected chi connectivity index (χ3v) is 4.45. The van der Waals surface area contributed by atoms with Gasteiger partial charge in [-0.1, -0.05) is 17.3 Å². The summed E-state index contributed by atoms with van der Waals surface area (Å²) in [5.41, 5.74) is 1.72. The fourth-order valence-corrected chi connectivity index (χ4v) is 3.01. The Kier molecular flexibility index (Phi) is 4.90. The smallest absolute Gasteiger partial charge is 0.229 e. The average Bonchev–Trinajstić information content (AvgIpc) is 3.06. The van der Waals surface area contributed by atoms with Gasteiger partial charge in [-0.2, -0.15) is 10.2 Å². The first-order valence-electron chi connectivity index (χ1n) is 8.22. The molecular weight excluding hydrogens is 304 g/mol. The van der Waals surface area contributed by atoms with Gasteiger partial charge in [-0.25, -0.2) is 0 Å². The number of amides is 1. The fourth-order valence-electron chi connectivity index (χ4n) is 3.01. The maximum Gasteiger partial charge on any atom is 0.229 e. The van der Waals surface area contributed by atoms with E-state index in [1.165, 1.54) is 0 Å². The predicted molar refractivity (Wildman–Crippen MR) is 87.1 cm³/mol. The number of hydrogen-bond acceptors (Lipinski definition) is 5. The molecule has 1 fully saturated rings. The zero-order chi connectivity index (χ0) is 16.9. The molecule has 0 N–H and O–H groups in total. The minimum atomic E-state index is 0.180. The van der Waals surface area contributed by atoms with Gasteiger partial charge in [0.05, 0.1) is 11.6 Å². The maximum absolute atomic E-state index is 12.4. The Balaban J connectivity index is 1.47. The molecule has 0 unspecified atom stereocenters. The molecule has 24 heavy (non-hydrogen) atoms. The summed E-state index contributed by atoms with van der Waals surface area (Å²) < 4.78 is 5.24. The molecule has 124 valence electrons. The van der Waals surface area contributed by atoms with Crippen molar-refractivity contribution in [1.29, 1.82) is 5.26 Å². The Morgan fingerprint density at radius 3 is 2.62 bits per heavy atom. The summed E-state index contributed by atoms with van der Waals surface area (Å²) in [5, 5.41) is 12.6. The lowest BCUT2D eigenvalue weighted by molar-refractivity contribution is -0.132. The standard InChI is InChI=1S/C18H20N4O2/c1-13-20-18(24-21-13)16-8-10-22(11-9-16)17(23)7-6-14-2-4-15(12-19)5-3-14/h2-5,16H,6-11H2,1H3. The van der Waals surface area contributed by atoms with Crippen LogP contribution in [0.15, 0.2) is 28.8 Å². The molecule has 0 aliphatic carbocycles. The Morgan fingerprint density at radius 2 is 2.04 bits per heavy atom. The van der Waals surface area contributed by atoms with E-state index >= 15 is 0 Å². The van der Waals surface area contributed by atoms with E-state index < -0.39 is 0 Å². The van der Waals surface area contributed by atoms with Crippen molar-refractivity contribution >= 4 is 5.91 Å². The van der Waals surface area contributed by atoms with Gasteiger partial charge in [0.2, 0.25) is 11.8 Å². The van der Waals surface area contributed by atoms with E-state index in [0.717, 1.165) is 31.5 Å². The van der Waals surface area contributed by atoms with Gasteiger partial charge in [0.15, 0.2) is 5.82 Å². The zero-order valence-electron chi connectivity index (χ0n) is 13.7. The van der Waals surface area contributed by atoms with Crippen LogP contribution in [0.2, 0.25) is 0 Å². The van der Waals surface area contributed by atoms with Crippen LogP contribution in [0.1, 0.15) is 48.0 Å². The van der Waals surface area contributed by atoms with Gasteiger partial charge in [-0.05, 0) is 43.9 Å². The highest BCUT2D eigenvalue weighted by Gasteiger charge is 2.26. The predicted octanol–water partition coefficient (Wildman–Crippen LogP) is 2.59. The van der Waals surface area contributed by atoms with Crippen LogP contribution in [0.25, 0.3) is 0 Å². The first-order chi connectivity index (χ1) is 11.7. The molecule has 0 bridgehead atoms. The molecule has 0 radical (unpaired) electrons. The molecule has 1 aromatic carbocycles. The lowest BCUT2D eigenvalue weighted by Gasteiger charge is -2.30. The van der Waals surface area contributed by atoms with Crippen molar-refractivity contribution in [3.8, 4) is 6.07 Å². The number of rotatable bonds is 4. The number of hydrogen-bond donors (Lipinski definition) is 0. The summed E-state index contributed by atoms with van der Waals surface area (Å²) in [6.07, 6.45) is 2.93. The van der Waals surface area contributed by atoms with E-state index in [0.29, 0.717) is 30.1 Å². The number of carbonyl (C=O) groups excluding carboxylic acids is 1. The van der Waals surface area contributed by atoms with Gasteiger partial charge in [-0.15, -0.1) is 0 Å². The SMILES string of the molecule is Cc1noc(C2CCN(C(=O)CCc3ccc(C#N)cc3)CC2)n1. The van der Waals surface area contributed by atoms with Crippen molar-refractivity contribution < 1.29 is 9.32 Å². The van der Waals surface area contributed by atoms with E-state index in [1.54, 1.807) is 12.1 Å². The zero-order valence-corrected chi connectivity index (χ0v) is 13.7. The van der Waals surface area contributed by atoms with Crippen LogP contribution in [0, 0.1) is 18.3 Å². The second kappa shape index (κ2) is 7.26. The van der Waals surface area contributed by atoms with Gasteiger partial charge in [0.25, 0.3) is 0 Å². The summed E-state index contributed by atoms with van der Waals surface area (Å²) in [4.78, 5) is 18.6. The molecule has 0 spiro atoms. The number of aryl methyl sites for hydroxylation is 2. The van der Waals surface area contributed by atoms with Gasteiger partial charge < -0.3 is 9.42 Å². The highest BCUT2D eigenvalue weighted by molar-refractivity contribution is 5.76. The number of nitrogens with zero attached hydrogens (tertiary/aromatic N) is 4. The number of carbonyl (C=O) groups is 1. The van der Waals surface area contributed by atoms with Crippen molar-refractivity contribution in [2.24, 2.45) is 0 Å². The molecule has 1 aliphatic rings. The number of benzene rings is 1. The summed E-state index contributed by atoms with van der Waals surface area (Å²) in [7, 11) is 0. The van der Waals surface area contributed by atoms with Crippen LogP contribution in [-0.2, 0) is 11.2 Å². The van der Waals surface area contributed by atoms with E-state index in [9.17, 15) is 4.79 Å². The molecule has 2 heterocycles. The van der Waals surface area contributed by atoms with Crippen molar-refractivity contribution in [3.05, 3.63) is 47.1 Å². The van der Waals surface area contributed by atoms with Crippen LogP contribution in [0.5, 0.6) is 0 Å². The van der Waals surface area contributed by atoms with Crippen LogP contribution >= 0.6 is 0 Å². The third kappa shape index (κ3) is 3.80. The molecule has 2 aromatic rings. The Labute approximate surface area is 141 Å². The molecule has 6 nitrogen and oxygen atoms in total. The van der Waals surface area contributed by atoms with Crippen molar-refractivity contribution in [2.45, 2.75) is 38.5 Å². The maximum atomic E-state index is 12.4. The number of nitriles is 1. The Hall–Kier alpha value is -2.68. The first kappa shape index (κ1) is 16.2. The molecule has 1 amide bonds.